The molecule has 0 bridgehead atoms. The Hall–Kier alpha value is -0.156. The van der Waals surface area contributed by atoms with Gasteiger partial charge in [-0.1, -0.05) is 0 Å². The van der Waals surface area contributed by atoms with Crippen molar-refractivity contribution in [1.82, 2.24) is 0 Å². The van der Waals surface area contributed by atoms with Crippen molar-refractivity contribution in [2.75, 3.05) is 13.2 Å². The van der Waals surface area contributed by atoms with Gasteiger partial charge in [0.05, 0.1) is 5.76 Å². The SMILES string of the molecule is CC(=O)C1=C(O)CCCC1.OCCCO.[Ti]. The summed E-state index contributed by atoms with van der Waals surface area (Å²) in [5.41, 5.74) is 0.645. The van der Waals surface area contributed by atoms with Gasteiger partial charge >= 0.3 is 0 Å². The minimum absolute atomic E-state index is 0. The Kier molecular flexibility index (Phi) is 12.9. The van der Waals surface area contributed by atoms with Crippen LogP contribution in [0.4, 0.5) is 0 Å². The molecule has 92 valence electrons. The van der Waals surface area contributed by atoms with Gasteiger partial charge < -0.3 is 15.3 Å². The standard InChI is InChI=1S/C8H12O2.C3H8O2.Ti/c1-6(9)7-4-2-3-5-8(7)10;4-2-1-3-5;/h10H,2-5H2,1H3;4-5H,1-3H2;. The molecule has 1 aliphatic rings. The van der Waals surface area contributed by atoms with E-state index in [0.717, 1.165) is 19.3 Å². The minimum Gasteiger partial charge on any atom is -0.512 e. The van der Waals surface area contributed by atoms with Crippen LogP contribution in [0, 0.1) is 0 Å². The predicted molar refractivity (Wildman–Crippen MR) is 57.6 cm³/mol. The van der Waals surface area contributed by atoms with Crippen molar-refractivity contribution >= 4 is 5.78 Å². The maximum atomic E-state index is 10.8. The number of carbonyl (C=O) groups excluding carboxylic acids is 1. The van der Waals surface area contributed by atoms with Crippen molar-refractivity contribution in [3.63, 3.8) is 0 Å². The molecular formula is C11H20O4Ti. The van der Waals surface area contributed by atoms with Crippen molar-refractivity contribution in [1.29, 1.82) is 0 Å². The average molecular weight is 264 g/mol. The Morgan fingerprint density at radius 3 is 1.94 bits per heavy atom. The van der Waals surface area contributed by atoms with E-state index in [-0.39, 0.29) is 40.7 Å². The molecule has 16 heavy (non-hydrogen) atoms. The van der Waals surface area contributed by atoms with E-state index in [4.69, 9.17) is 10.2 Å². The van der Waals surface area contributed by atoms with Crippen molar-refractivity contribution in [2.24, 2.45) is 0 Å². The molecule has 0 radical (unpaired) electrons. The number of Topliss-reactive ketones (excluding diaryl/α,β-unsaturated/α-hetero) is 1. The van der Waals surface area contributed by atoms with Crippen LogP contribution in [0.5, 0.6) is 0 Å². The second kappa shape index (κ2) is 11.3. The van der Waals surface area contributed by atoms with E-state index < -0.39 is 0 Å². The van der Waals surface area contributed by atoms with Crippen LogP contribution in [-0.2, 0) is 26.5 Å². The molecule has 0 amide bonds. The molecule has 1 aliphatic carbocycles. The van der Waals surface area contributed by atoms with Gasteiger partial charge in [-0.2, -0.15) is 0 Å². The van der Waals surface area contributed by atoms with Gasteiger partial charge in [0.2, 0.25) is 0 Å². The van der Waals surface area contributed by atoms with E-state index in [1.807, 2.05) is 0 Å². The largest absolute Gasteiger partial charge is 0.512 e. The Labute approximate surface area is 111 Å². The number of rotatable bonds is 3. The number of hydrogen-bond acceptors (Lipinski definition) is 4. The Morgan fingerprint density at radius 2 is 1.69 bits per heavy atom. The van der Waals surface area contributed by atoms with Crippen LogP contribution >= 0.6 is 0 Å². The van der Waals surface area contributed by atoms with E-state index in [9.17, 15) is 9.90 Å². The fourth-order valence-corrected chi connectivity index (χ4v) is 1.34. The number of allylic oxidation sites excluding steroid dienone is 2. The van der Waals surface area contributed by atoms with Crippen LogP contribution in [0.25, 0.3) is 0 Å². The van der Waals surface area contributed by atoms with Gasteiger partial charge in [0.1, 0.15) is 0 Å². The molecule has 4 nitrogen and oxygen atoms in total. The molecule has 0 spiro atoms. The summed E-state index contributed by atoms with van der Waals surface area (Å²) in [5, 5.41) is 25.0. The maximum Gasteiger partial charge on any atom is 0.159 e. The van der Waals surface area contributed by atoms with Crippen LogP contribution in [0.1, 0.15) is 39.0 Å². The summed E-state index contributed by atoms with van der Waals surface area (Å²) >= 11 is 0. The van der Waals surface area contributed by atoms with Crippen LogP contribution < -0.4 is 0 Å². The molecule has 0 aromatic carbocycles. The third-order valence-electron chi connectivity index (χ3n) is 2.18. The van der Waals surface area contributed by atoms with Crippen LogP contribution in [0.15, 0.2) is 11.3 Å². The fourth-order valence-electron chi connectivity index (χ4n) is 1.34. The predicted octanol–water partition coefficient (Wildman–Crippen LogP) is 1.32. The molecule has 1 rings (SSSR count). The van der Waals surface area contributed by atoms with E-state index >= 15 is 0 Å². The summed E-state index contributed by atoms with van der Waals surface area (Å²) in [7, 11) is 0. The minimum atomic E-state index is 0. The fraction of sp³-hybridized carbons (Fsp3) is 0.727. The molecule has 0 heterocycles. The molecule has 0 fully saturated rings. The summed E-state index contributed by atoms with van der Waals surface area (Å²) in [6, 6.07) is 0. The molecule has 0 aromatic heterocycles. The Bertz CT molecular complexity index is 224. The number of carbonyl (C=O) groups is 1. The van der Waals surface area contributed by atoms with Gasteiger partial charge in [-0.05, 0) is 32.6 Å². The van der Waals surface area contributed by atoms with Gasteiger partial charge in [-0.25, -0.2) is 0 Å². The van der Waals surface area contributed by atoms with Crippen LogP contribution in [0.2, 0.25) is 0 Å². The summed E-state index contributed by atoms with van der Waals surface area (Å²) in [5.74, 6) is 0.343. The number of hydrogen-bond donors (Lipinski definition) is 3. The summed E-state index contributed by atoms with van der Waals surface area (Å²) in [6.07, 6.45) is 4.01. The number of ketones is 1. The van der Waals surface area contributed by atoms with Crippen molar-refractivity contribution in [2.45, 2.75) is 39.0 Å². The molecule has 5 heteroatoms. The van der Waals surface area contributed by atoms with Crippen molar-refractivity contribution in [3.05, 3.63) is 11.3 Å². The van der Waals surface area contributed by atoms with Gasteiger partial charge in [0, 0.05) is 46.9 Å². The Morgan fingerprint density at radius 1 is 1.19 bits per heavy atom. The first-order chi connectivity index (χ1) is 7.13. The quantitative estimate of drug-likeness (QED) is 0.672. The first-order valence-electron chi connectivity index (χ1n) is 5.27. The molecule has 3 N–H and O–H groups in total. The van der Waals surface area contributed by atoms with Gasteiger partial charge in [0.15, 0.2) is 5.78 Å². The molecular weight excluding hydrogens is 244 g/mol. The molecule has 0 unspecified atom stereocenters. The molecule has 0 aromatic rings. The topological polar surface area (TPSA) is 77.8 Å². The van der Waals surface area contributed by atoms with E-state index in [1.165, 1.54) is 6.92 Å². The van der Waals surface area contributed by atoms with E-state index in [2.05, 4.69) is 0 Å². The van der Waals surface area contributed by atoms with Crippen LogP contribution in [0.3, 0.4) is 0 Å². The average Bonchev–Trinajstić information content (AvgIpc) is 2.20. The molecule has 0 atom stereocenters. The second-order valence-corrected chi connectivity index (χ2v) is 3.49. The molecule has 0 saturated carbocycles. The zero-order valence-electron chi connectivity index (χ0n) is 9.70. The summed E-state index contributed by atoms with van der Waals surface area (Å²) in [4.78, 5) is 10.8. The van der Waals surface area contributed by atoms with Crippen molar-refractivity contribution < 1.29 is 41.8 Å². The smallest absolute Gasteiger partial charge is 0.159 e. The third-order valence-corrected chi connectivity index (χ3v) is 2.18. The third kappa shape index (κ3) is 8.05. The zero-order valence-corrected chi connectivity index (χ0v) is 11.3. The Balaban J connectivity index is 0. The molecule has 0 saturated heterocycles. The van der Waals surface area contributed by atoms with E-state index in [0.29, 0.717) is 24.2 Å². The summed E-state index contributed by atoms with van der Waals surface area (Å²) in [6.45, 7) is 1.70. The monoisotopic (exact) mass is 264 g/mol. The number of aliphatic hydroxyl groups excluding tert-OH is 3. The van der Waals surface area contributed by atoms with Gasteiger partial charge in [-0.15, -0.1) is 0 Å². The van der Waals surface area contributed by atoms with Crippen LogP contribution in [-0.4, -0.2) is 34.3 Å². The van der Waals surface area contributed by atoms with Gasteiger partial charge in [-0.3, -0.25) is 4.79 Å². The normalized spacial score (nSPS) is 14.7. The summed E-state index contributed by atoms with van der Waals surface area (Å²) < 4.78 is 0. The molecule has 0 aliphatic heterocycles. The van der Waals surface area contributed by atoms with Gasteiger partial charge in [0.25, 0.3) is 0 Å². The first kappa shape index (κ1) is 18.2. The van der Waals surface area contributed by atoms with E-state index in [1.54, 1.807) is 0 Å². The maximum absolute atomic E-state index is 10.8. The number of aliphatic hydroxyl groups is 3. The second-order valence-electron chi connectivity index (χ2n) is 3.49. The van der Waals surface area contributed by atoms with Crippen molar-refractivity contribution in [3.8, 4) is 0 Å². The zero-order chi connectivity index (χ0) is 11.7. The first-order valence-corrected chi connectivity index (χ1v) is 5.27.